The molecule has 4 rings (SSSR count). The van der Waals surface area contributed by atoms with Gasteiger partial charge in [-0.15, -0.1) is 0 Å². The van der Waals surface area contributed by atoms with Gasteiger partial charge >= 0.3 is 10.1 Å². The zero-order valence-corrected chi connectivity index (χ0v) is 14.1. The van der Waals surface area contributed by atoms with Gasteiger partial charge in [0.1, 0.15) is 0 Å². The third-order valence-electron chi connectivity index (χ3n) is 4.97. The van der Waals surface area contributed by atoms with Gasteiger partial charge in [0.2, 0.25) is 0 Å². The van der Waals surface area contributed by atoms with E-state index in [1.54, 1.807) is 0 Å². The third kappa shape index (κ3) is 2.45. The van der Waals surface area contributed by atoms with Gasteiger partial charge in [0.15, 0.2) is 0 Å². The summed E-state index contributed by atoms with van der Waals surface area (Å²) in [5.74, 6) is 0. The van der Waals surface area contributed by atoms with Crippen LogP contribution in [0.5, 0.6) is 0 Å². The lowest BCUT2D eigenvalue weighted by Crippen LogP contribution is -2.23. The first-order valence-electron chi connectivity index (χ1n) is 7.50. The molecule has 22 heavy (non-hydrogen) atoms. The summed E-state index contributed by atoms with van der Waals surface area (Å²) < 4.78 is 2.70. The Hall–Kier alpha value is -0.710. The molecule has 1 aromatic heterocycles. The Bertz CT molecular complexity index is 666. The summed E-state index contributed by atoms with van der Waals surface area (Å²) >= 11 is 16.6. The summed E-state index contributed by atoms with van der Waals surface area (Å²) in [6.45, 7) is 0. The van der Waals surface area contributed by atoms with Crippen molar-refractivity contribution in [2.24, 2.45) is 0 Å². The molecule has 0 aliphatic heterocycles. The number of alkyl halides is 3. The van der Waals surface area contributed by atoms with Crippen molar-refractivity contribution in [3.63, 3.8) is 0 Å². The molecule has 1 spiro atoms. The van der Waals surface area contributed by atoms with Gasteiger partial charge in [-0.2, -0.15) is 0 Å². The van der Waals surface area contributed by atoms with Crippen LogP contribution in [0.15, 0.2) is 0 Å². The Labute approximate surface area is 143 Å². The predicted molar refractivity (Wildman–Crippen MR) is 85.9 cm³/mol. The molecule has 0 unspecified atom stereocenters. The second-order valence-corrected chi connectivity index (χ2v) is 8.51. The number of anilines is 1. The van der Waals surface area contributed by atoms with Crippen molar-refractivity contribution in [3.05, 3.63) is 22.5 Å². The largest absolute Gasteiger partial charge is 0.415 e. The third-order valence-corrected chi connectivity index (χ3v) is 5.20. The molecule has 118 valence electrons. The van der Waals surface area contributed by atoms with Gasteiger partial charge in [0.05, 0.1) is 11.4 Å². The maximum Gasteiger partial charge on any atom is 0.415 e. The van der Waals surface area contributed by atoms with E-state index in [1.165, 1.54) is 18.5 Å². The SMILES string of the molecule is O=C(Nc1c2c(nc3c1CCC31CC1)CCC2)OC(Cl)(Cl)Cl. The number of amides is 1. The number of hydrogen-bond acceptors (Lipinski definition) is 3. The molecule has 0 aromatic carbocycles. The summed E-state index contributed by atoms with van der Waals surface area (Å²) in [6, 6.07) is 0. The van der Waals surface area contributed by atoms with Gasteiger partial charge < -0.3 is 4.74 Å². The van der Waals surface area contributed by atoms with Crippen LogP contribution in [0.2, 0.25) is 0 Å². The van der Waals surface area contributed by atoms with Crippen LogP contribution in [0.3, 0.4) is 0 Å². The van der Waals surface area contributed by atoms with Crippen LogP contribution in [0, 0.1) is 0 Å². The molecule has 1 saturated carbocycles. The number of ether oxygens (including phenoxy) is 1. The van der Waals surface area contributed by atoms with E-state index in [4.69, 9.17) is 44.5 Å². The number of aromatic nitrogens is 1. The molecule has 1 heterocycles. The molecule has 0 radical (unpaired) electrons. The number of carbonyl (C=O) groups is 1. The van der Waals surface area contributed by atoms with Crippen LogP contribution < -0.4 is 5.32 Å². The summed E-state index contributed by atoms with van der Waals surface area (Å²) in [6.07, 6.45) is 6.67. The fourth-order valence-corrected chi connectivity index (χ4v) is 4.02. The Kier molecular flexibility index (Phi) is 3.30. The topological polar surface area (TPSA) is 51.2 Å². The number of nitrogens with one attached hydrogen (secondary N) is 1. The molecule has 4 nitrogen and oxygen atoms in total. The average molecular weight is 362 g/mol. The van der Waals surface area contributed by atoms with Crippen molar-refractivity contribution >= 4 is 46.6 Å². The van der Waals surface area contributed by atoms with E-state index in [0.29, 0.717) is 0 Å². The Morgan fingerprint density at radius 2 is 1.91 bits per heavy atom. The van der Waals surface area contributed by atoms with Crippen LogP contribution in [-0.4, -0.2) is 15.1 Å². The highest BCUT2D eigenvalue weighted by Crippen LogP contribution is 2.58. The lowest BCUT2D eigenvalue weighted by Gasteiger charge is -2.18. The lowest BCUT2D eigenvalue weighted by molar-refractivity contribution is 0.160. The van der Waals surface area contributed by atoms with Crippen molar-refractivity contribution in [2.45, 2.75) is 54.3 Å². The second-order valence-electron chi connectivity index (χ2n) is 6.33. The number of aryl methyl sites for hydroxylation is 1. The number of fused-ring (bicyclic) bond motifs is 3. The summed E-state index contributed by atoms with van der Waals surface area (Å²) in [5, 5.41) is 2.81. The minimum absolute atomic E-state index is 0.266. The fourth-order valence-electron chi connectivity index (χ4n) is 3.81. The van der Waals surface area contributed by atoms with Crippen LogP contribution in [-0.2, 0) is 29.4 Å². The van der Waals surface area contributed by atoms with Crippen molar-refractivity contribution in [3.8, 4) is 0 Å². The van der Waals surface area contributed by atoms with Crippen LogP contribution in [0.25, 0.3) is 0 Å². The number of pyridine rings is 1. The first kappa shape index (κ1) is 14.9. The minimum Gasteiger partial charge on any atom is -0.398 e. The number of nitrogens with zero attached hydrogens (tertiary/aromatic N) is 1. The van der Waals surface area contributed by atoms with Gasteiger partial charge in [-0.3, -0.25) is 10.3 Å². The maximum atomic E-state index is 12.0. The fraction of sp³-hybridized carbons (Fsp3) is 0.600. The van der Waals surface area contributed by atoms with E-state index in [9.17, 15) is 4.79 Å². The first-order valence-corrected chi connectivity index (χ1v) is 8.63. The number of halogens is 3. The minimum atomic E-state index is -2.05. The van der Waals surface area contributed by atoms with Crippen molar-refractivity contribution < 1.29 is 9.53 Å². The molecule has 0 saturated heterocycles. The van der Waals surface area contributed by atoms with E-state index in [2.05, 4.69) is 5.32 Å². The molecule has 3 aliphatic carbocycles. The number of hydrogen-bond donors (Lipinski definition) is 1. The second kappa shape index (κ2) is 4.89. The van der Waals surface area contributed by atoms with E-state index in [-0.39, 0.29) is 5.41 Å². The molecule has 1 fully saturated rings. The molecule has 7 heteroatoms. The number of rotatable bonds is 1. The molecule has 0 bridgehead atoms. The van der Waals surface area contributed by atoms with E-state index >= 15 is 0 Å². The molecular formula is C15H15Cl3N2O2. The van der Waals surface area contributed by atoms with Crippen molar-refractivity contribution in [1.82, 2.24) is 4.98 Å². The Morgan fingerprint density at radius 3 is 2.59 bits per heavy atom. The Balaban J connectivity index is 1.71. The molecule has 0 atom stereocenters. The van der Waals surface area contributed by atoms with Crippen molar-refractivity contribution in [2.75, 3.05) is 5.32 Å². The van der Waals surface area contributed by atoms with Gasteiger partial charge in [0.25, 0.3) is 0 Å². The molecule has 3 aliphatic rings. The average Bonchev–Trinajstić information content (AvgIpc) is 2.88. The number of carbonyl (C=O) groups excluding carboxylic acids is 1. The smallest absolute Gasteiger partial charge is 0.398 e. The normalized spacial score (nSPS) is 20.7. The van der Waals surface area contributed by atoms with E-state index in [1.807, 2.05) is 0 Å². The predicted octanol–water partition coefficient (Wildman–Crippen LogP) is 4.42. The maximum absolute atomic E-state index is 12.0. The highest BCUT2D eigenvalue weighted by Gasteiger charge is 2.51. The van der Waals surface area contributed by atoms with Crippen molar-refractivity contribution in [1.29, 1.82) is 0 Å². The highest BCUT2D eigenvalue weighted by molar-refractivity contribution is 6.66. The molecule has 1 amide bonds. The quantitative estimate of drug-likeness (QED) is 0.753. The summed E-state index contributed by atoms with van der Waals surface area (Å²) in [7, 11) is 0. The van der Waals surface area contributed by atoms with E-state index < -0.39 is 10.1 Å². The van der Waals surface area contributed by atoms with Gasteiger partial charge in [-0.05, 0) is 90.9 Å². The van der Waals surface area contributed by atoms with Gasteiger partial charge in [0, 0.05) is 11.1 Å². The standard InChI is InChI=1S/C15H15Cl3N2O2/c16-15(17,18)22-13(21)20-11-8-2-1-3-10(8)19-12-9(11)4-5-14(12)6-7-14/h1-7H2,(H,19,20,21). The monoisotopic (exact) mass is 360 g/mol. The van der Waals surface area contributed by atoms with Gasteiger partial charge in [-0.1, -0.05) is 0 Å². The molecular weight excluding hydrogens is 347 g/mol. The molecule has 1 N–H and O–H groups in total. The zero-order valence-electron chi connectivity index (χ0n) is 11.8. The Morgan fingerprint density at radius 1 is 1.14 bits per heavy atom. The van der Waals surface area contributed by atoms with Crippen LogP contribution >= 0.6 is 34.8 Å². The first-order chi connectivity index (χ1) is 10.4. The summed E-state index contributed by atoms with van der Waals surface area (Å²) in [4.78, 5) is 16.9. The van der Waals surface area contributed by atoms with Crippen LogP contribution in [0.1, 0.15) is 48.2 Å². The lowest BCUT2D eigenvalue weighted by atomic mass is 10.0. The summed E-state index contributed by atoms with van der Waals surface area (Å²) in [5.41, 5.74) is 5.67. The molecule has 1 aromatic rings. The highest BCUT2D eigenvalue weighted by atomic mass is 35.6. The van der Waals surface area contributed by atoms with Gasteiger partial charge in [-0.25, -0.2) is 4.79 Å². The van der Waals surface area contributed by atoms with Crippen LogP contribution in [0.4, 0.5) is 10.5 Å². The zero-order chi connectivity index (χ0) is 15.5. The van der Waals surface area contributed by atoms with E-state index in [0.717, 1.165) is 54.6 Å².